The molecule has 6 heteroatoms. The summed E-state index contributed by atoms with van der Waals surface area (Å²) in [4.78, 5) is 16.5. The van der Waals surface area contributed by atoms with Crippen LogP contribution in [0.4, 0.5) is 4.79 Å². The summed E-state index contributed by atoms with van der Waals surface area (Å²) in [5.41, 5.74) is 3.64. The van der Waals surface area contributed by atoms with Crippen molar-refractivity contribution in [2.24, 2.45) is 4.99 Å². The standard InChI is InChI=1S/C21H17NO5/c1-2-24-21(23)27-20-17(13-7-8-15-12(11-13)9-10-25-15)19-18(22-20)14-5-3-4-6-16(14)26-19/h3-8,11,18H,2,9-10H2,1H3. The predicted molar refractivity (Wildman–Crippen MR) is 97.9 cm³/mol. The van der Waals surface area contributed by atoms with Crippen molar-refractivity contribution >= 4 is 17.6 Å². The third-order valence-corrected chi connectivity index (χ3v) is 4.81. The molecule has 2 aromatic carbocycles. The molecule has 0 aromatic heterocycles. The Morgan fingerprint density at radius 3 is 3.00 bits per heavy atom. The van der Waals surface area contributed by atoms with Crippen LogP contribution in [0.3, 0.4) is 0 Å². The summed E-state index contributed by atoms with van der Waals surface area (Å²) in [6.45, 7) is 2.64. The van der Waals surface area contributed by atoms with Gasteiger partial charge < -0.3 is 18.9 Å². The molecule has 0 radical (unpaired) electrons. The molecule has 6 nitrogen and oxygen atoms in total. The highest BCUT2D eigenvalue weighted by atomic mass is 16.7. The van der Waals surface area contributed by atoms with Crippen molar-refractivity contribution in [1.29, 1.82) is 0 Å². The van der Waals surface area contributed by atoms with Crippen LogP contribution in [0.15, 0.2) is 53.2 Å². The highest BCUT2D eigenvalue weighted by Crippen LogP contribution is 2.49. The van der Waals surface area contributed by atoms with Gasteiger partial charge in [0.15, 0.2) is 0 Å². The summed E-state index contributed by atoms with van der Waals surface area (Å²) in [6.07, 6.45) is 0.0775. The number of aliphatic imine (C=N–C) groups is 1. The number of carbonyl (C=O) groups is 1. The summed E-state index contributed by atoms with van der Waals surface area (Å²) >= 11 is 0. The van der Waals surface area contributed by atoms with E-state index in [0.717, 1.165) is 34.6 Å². The minimum atomic E-state index is -0.771. The average Bonchev–Trinajstić information content (AvgIpc) is 3.34. The van der Waals surface area contributed by atoms with Gasteiger partial charge in [0.05, 0.1) is 18.8 Å². The van der Waals surface area contributed by atoms with Gasteiger partial charge in [-0.2, -0.15) is 0 Å². The fourth-order valence-electron chi connectivity index (χ4n) is 3.63. The first-order valence-corrected chi connectivity index (χ1v) is 8.94. The van der Waals surface area contributed by atoms with E-state index in [1.54, 1.807) is 6.92 Å². The van der Waals surface area contributed by atoms with Crippen LogP contribution in [0, 0.1) is 0 Å². The number of ether oxygens (including phenoxy) is 4. The lowest BCUT2D eigenvalue weighted by Crippen LogP contribution is -2.15. The zero-order chi connectivity index (χ0) is 18.4. The molecule has 0 aliphatic carbocycles. The second-order valence-corrected chi connectivity index (χ2v) is 6.42. The molecule has 3 aliphatic heterocycles. The summed E-state index contributed by atoms with van der Waals surface area (Å²) < 4.78 is 22.0. The van der Waals surface area contributed by atoms with Gasteiger partial charge in [0.1, 0.15) is 23.3 Å². The smallest absolute Gasteiger partial charge is 0.493 e. The molecular formula is C21H17NO5. The summed E-state index contributed by atoms with van der Waals surface area (Å²) in [5, 5.41) is 0. The van der Waals surface area contributed by atoms with E-state index in [2.05, 4.69) is 4.99 Å². The van der Waals surface area contributed by atoms with Crippen molar-refractivity contribution < 1.29 is 23.7 Å². The number of fused-ring (bicyclic) bond motifs is 4. The number of hydrogen-bond acceptors (Lipinski definition) is 6. The number of benzene rings is 2. The van der Waals surface area contributed by atoms with E-state index in [1.165, 1.54) is 0 Å². The Hall–Kier alpha value is -3.28. The van der Waals surface area contributed by atoms with E-state index in [1.807, 2.05) is 42.5 Å². The van der Waals surface area contributed by atoms with E-state index < -0.39 is 6.16 Å². The molecular weight excluding hydrogens is 346 g/mol. The first-order chi connectivity index (χ1) is 13.2. The van der Waals surface area contributed by atoms with Gasteiger partial charge in [0, 0.05) is 12.0 Å². The first kappa shape index (κ1) is 15.9. The molecule has 0 fully saturated rings. The quantitative estimate of drug-likeness (QED) is 0.753. The summed E-state index contributed by atoms with van der Waals surface area (Å²) in [7, 11) is 0. The molecule has 3 heterocycles. The van der Waals surface area contributed by atoms with E-state index in [0.29, 0.717) is 17.9 Å². The van der Waals surface area contributed by atoms with Crippen LogP contribution in [-0.4, -0.2) is 25.3 Å². The third kappa shape index (κ3) is 2.56. The Labute approximate surface area is 156 Å². The molecule has 0 saturated heterocycles. The molecule has 27 heavy (non-hydrogen) atoms. The van der Waals surface area contributed by atoms with Gasteiger partial charge >= 0.3 is 6.16 Å². The zero-order valence-corrected chi connectivity index (χ0v) is 14.7. The van der Waals surface area contributed by atoms with Crippen LogP contribution >= 0.6 is 0 Å². The number of rotatable bonds is 2. The number of para-hydroxylation sites is 1. The van der Waals surface area contributed by atoms with Gasteiger partial charge in [0.2, 0.25) is 5.90 Å². The molecule has 0 amide bonds. The maximum Gasteiger partial charge on any atom is 0.515 e. The van der Waals surface area contributed by atoms with E-state index in [-0.39, 0.29) is 18.5 Å². The van der Waals surface area contributed by atoms with Gasteiger partial charge in [0.25, 0.3) is 0 Å². The lowest BCUT2D eigenvalue weighted by atomic mass is 9.99. The second kappa shape index (κ2) is 6.16. The molecule has 1 atom stereocenters. The Bertz CT molecular complexity index is 1010. The minimum Gasteiger partial charge on any atom is -0.493 e. The van der Waals surface area contributed by atoms with Crippen molar-refractivity contribution in [2.75, 3.05) is 13.2 Å². The number of nitrogens with zero attached hydrogens (tertiary/aromatic N) is 1. The van der Waals surface area contributed by atoms with Crippen LogP contribution in [0.5, 0.6) is 11.5 Å². The highest BCUT2D eigenvalue weighted by molar-refractivity contribution is 6.24. The van der Waals surface area contributed by atoms with Gasteiger partial charge in [-0.1, -0.05) is 24.3 Å². The van der Waals surface area contributed by atoms with Crippen LogP contribution in [0.2, 0.25) is 0 Å². The maximum atomic E-state index is 11.9. The fourth-order valence-corrected chi connectivity index (χ4v) is 3.63. The molecule has 5 rings (SSSR count). The summed E-state index contributed by atoms with van der Waals surface area (Å²) in [6, 6.07) is 13.3. The molecule has 0 spiro atoms. The maximum absolute atomic E-state index is 11.9. The average molecular weight is 363 g/mol. The first-order valence-electron chi connectivity index (χ1n) is 8.94. The van der Waals surface area contributed by atoms with Crippen molar-refractivity contribution in [1.82, 2.24) is 0 Å². The fraction of sp³-hybridized carbons (Fsp3) is 0.238. The topological polar surface area (TPSA) is 66.4 Å². The predicted octanol–water partition coefficient (Wildman–Crippen LogP) is 4.05. The molecule has 3 aliphatic rings. The third-order valence-electron chi connectivity index (χ3n) is 4.81. The van der Waals surface area contributed by atoms with Crippen molar-refractivity contribution in [2.45, 2.75) is 19.4 Å². The molecule has 0 bridgehead atoms. The van der Waals surface area contributed by atoms with Crippen molar-refractivity contribution in [3.8, 4) is 11.5 Å². The normalized spacial score (nSPS) is 18.9. The van der Waals surface area contributed by atoms with Crippen LogP contribution in [-0.2, 0) is 15.9 Å². The van der Waals surface area contributed by atoms with Gasteiger partial charge in [-0.3, -0.25) is 0 Å². The lowest BCUT2D eigenvalue weighted by Gasteiger charge is -2.11. The zero-order valence-electron chi connectivity index (χ0n) is 14.7. The molecule has 1 unspecified atom stereocenters. The Morgan fingerprint density at radius 2 is 2.11 bits per heavy atom. The lowest BCUT2D eigenvalue weighted by molar-refractivity contribution is 0.101. The van der Waals surface area contributed by atoms with Gasteiger partial charge in [-0.05, 0) is 36.2 Å². The Kier molecular flexibility index (Phi) is 3.63. The van der Waals surface area contributed by atoms with Crippen LogP contribution in [0.25, 0.3) is 5.57 Å². The Morgan fingerprint density at radius 1 is 1.22 bits per heavy atom. The van der Waals surface area contributed by atoms with Crippen LogP contribution in [0.1, 0.15) is 29.7 Å². The highest BCUT2D eigenvalue weighted by Gasteiger charge is 2.40. The van der Waals surface area contributed by atoms with E-state index >= 15 is 0 Å². The van der Waals surface area contributed by atoms with Crippen molar-refractivity contribution in [3.63, 3.8) is 0 Å². The van der Waals surface area contributed by atoms with Gasteiger partial charge in [-0.15, -0.1) is 0 Å². The van der Waals surface area contributed by atoms with Gasteiger partial charge in [-0.25, -0.2) is 9.79 Å². The van der Waals surface area contributed by atoms with E-state index in [9.17, 15) is 4.79 Å². The van der Waals surface area contributed by atoms with E-state index in [4.69, 9.17) is 18.9 Å². The monoisotopic (exact) mass is 363 g/mol. The largest absolute Gasteiger partial charge is 0.515 e. The molecule has 0 N–H and O–H groups in total. The molecule has 2 aromatic rings. The van der Waals surface area contributed by atoms with Crippen molar-refractivity contribution in [3.05, 3.63) is 64.9 Å². The number of hydrogen-bond donors (Lipinski definition) is 0. The number of carbonyl (C=O) groups excluding carboxylic acids is 1. The Balaban J connectivity index is 1.60. The second-order valence-electron chi connectivity index (χ2n) is 6.42. The van der Waals surface area contributed by atoms with Crippen LogP contribution < -0.4 is 9.47 Å². The molecule has 0 saturated carbocycles. The molecule has 136 valence electrons. The summed E-state index contributed by atoms with van der Waals surface area (Å²) in [5.74, 6) is 2.56. The minimum absolute atomic E-state index is 0.224. The SMILES string of the molecule is CCOC(=O)OC1=NC2C(=C1c1ccc3c(c1)CCO3)Oc1ccccc12.